The number of methoxy groups -OCH3 is 1. The van der Waals surface area contributed by atoms with Crippen molar-refractivity contribution in [3.8, 4) is 5.75 Å². The molecule has 2 N–H and O–H groups in total. The molecule has 0 radical (unpaired) electrons. The van der Waals surface area contributed by atoms with E-state index in [9.17, 15) is 4.79 Å². The van der Waals surface area contributed by atoms with Crippen LogP contribution < -0.4 is 10.5 Å². The summed E-state index contributed by atoms with van der Waals surface area (Å²) in [6, 6.07) is 4.80. The van der Waals surface area contributed by atoms with Crippen molar-refractivity contribution in [3.63, 3.8) is 0 Å². The van der Waals surface area contributed by atoms with Crippen LogP contribution in [0, 0.1) is 0 Å². The first-order valence-corrected chi connectivity index (χ1v) is 7.07. The lowest BCUT2D eigenvalue weighted by molar-refractivity contribution is 0.0600. The number of anilines is 1. The zero-order valence-corrected chi connectivity index (χ0v) is 12.1. The summed E-state index contributed by atoms with van der Waals surface area (Å²) in [5.41, 5.74) is 7.48. The van der Waals surface area contributed by atoms with Crippen molar-refractivity contribution in [1.29, 1.82) is 0 Å². The Morgan fingerprint density at radius 2 is 2.33 bits per heavy atom. The van der Waals surface area contributed by atoms with Gasteiger partial charge in [-0.25, -0.2) is 9.78 Å². The molecule has 0 saturated heterocycles. The van der Waals surface area contributed by atoms with E-state index >= 15 is 0 Å². The largest absolute Gasteiger partial charge is 0.485 e. The molecule has 0 atom stereocenters. The van der Waals surface area contributed by atoms with Crippen LogP contribution >= 0.6 is 11.3 Å². The minimum absolute atomic E-state index is 0.316. The predicted molar refractivity (Wildman–Crippen MR) is 79.6 cm³/mol. The summed E-state index contributed by atoms with van der Waals surface area (Å²) in [6.07, 6.45) is 3.85. The normalized spacial score (nSPS) is 10.7. The summed E-state index contributed by atoms with van der Waals surface area (Å²) < 4.78 is 12.2. The molecular weight excluding hydrogens is 290 g/mol. The predicted octanol–water partition coefficient (Wildman–Crippen LogP) is 2.34. The van der Waals surface area contributed by atoms with Gasteiger partial charge in [-0.1, -0.05) is 0 Å². The van der Waals surface area contributed by atoms with Crippen molar-refractivity contribution in [1.82, 2.24) is 9.38 Å². The number of fused-ring (bicyclic) bond motifs is 1. The number of benzene rings is 1. The number of carbonyl (C=O) groups excluding carboxylic acids is 1. The summed E-state index contributed by atoms with van der Waals surface area (Å²) in [5, 5.41) is 1.97. The van der Waals surface area contributed by atoms with Gasteiger partial charge in [0, 0.05) is 17.8 Å². The van der Waals surface area contributed by atoms with Crippen LogP contribution in [-0.4, -0.2) is 22.5 Å². The maximum Gasteiger partial charge on any atom is 0.337 e. The highest BCUT2D eigenvalue weighted by molar-refractivity contribution is 7.15. The number of nitrogens with zero attached hydrogens (tertiary/aromatic N) is 2. The molecule has 7 heteroatoms. The minimum Gasteiger partial charge on any atom is -0.485 e. The van der Waals surface area contributed by atoms with Gasteiger partial charge in [-0.05, 0) is 18.2 Å². The Kier molecular flexibility index (Phi) is 3.49. The summed E-state index contributed by atoms with van der Waals surface area (Å²) in [6.45, 7) is 0.316. The third kappa shape index (κ3) is 2.68. The summed E-state index contributed by atoms with van der Waals surface area (Å²) in [7, 11) is 1.33. The highest BCUT2D eigenvalue weighted by Gasteiger charge is 2.10. The monoisotopic (exact) mass is 303 g/mol. The molecule has 2 aromatic heterocycles. The Morgan fingerprint density at radius 3 is 3.05 bits per heavy atom. The number of nitrogens with two attached hydrogens (primary N) is 1. The number of imidazole rings is 1. The molecule has 1 aromatic carbocycles. The average molecular weight is 303 g/mol. The van der Waals surface area contributed by atoms with Crippen LogP contribution in [0.1, 0.15) is 16.1 Å². The van der Waals surface area contributed by atoms with Gasteiger partial charge in [-0.2, -0.15) is 0 Å². The fourth-order valence-corrected chi connectivity index (χ4v) is 2.64. The quantitative estimate of drug-likeness (QED) is 0.591. The van der Waals surface area contributed by atoms with Crippen molar-refractivity contribution < 1.29 is 14.3 Å². The average Bonchev–Trinajstić information content (AvgIpc) is 3.06. The number of aromatic nitrogens is 2. The van der Waals surface area contributed by atoms with Gasteiger partial charge in [-0.15, -0.1) is 11.3 Å². The van der Waals surface area contributed by atoms with E-state index in [1.165, 1.54) is 13.2 Å². The van der Waals surface area contributed by atoms with E-state index in [0.717, 1.165) is 10.7 Å². The second-order valence-electron chi connectivity index (χ2n) is 4.36. The molecule has 3 rings (SSSR count). The number of hydrogen-bond acceptors (Lipinski definition) is 6. The van der Waals surface area contributed by atoms with Crippen molar-refractivity contribution in [3.05, 3.63) is 47.2 Å². The fraction of sp³-hybridized carbons (Fsp3) is 0.143. The zero-order chi connectivity index (χ0) is 14.8. The van der Waals surface area contributed by atoms with E-state index in [2.05, 4.69) is 9.72 Å². The highest BCUT2D eigenvalue weighted by atomic mass is 32.1. The van der Waals surface area contributed by atoms with Crippen LogP contribution in [0.2, 0.25) is 0 Å². The topological polar surface area (TPSA) is 78.8 Å². The van der Waals surface area contributed by atoms with E-state index in [4.69, 9.17) is 10.5 Å². The molecule has 0 saturated carbocycles. The maximum absolute atomic E-state index is 11.4. The molecule has 6 nitrogen and oxygen atoms in total. The standard InChI is InChI=1S/C14H13N3O3S/c1-19-13(18)9-2-3-12(11(15)6-9)20-8-10-7-17-4-5-21-14(17)16-10/h2-7H,8,15H2,1H3. The lowest BCUT2D eigenvalue weighted by atomic mass is 10.2. The highest BCUT2D eigenvalue weighted by Crippen LogP contribution is 2.24. The van der Waals surface area contributed by atoms with Gasteiger partial charge >= 0.3 is 5.97 Å². The van der Waals surface area contributed by atoms with Crippen molar-refractivity contribution in [2.75, 3.05) is 12.8 Å². The Morgan fingerprint density at radius 1 is 1.48 bits per heavy atom. The van der Waals surface area contributed by atoms with Gasteiger partial charge in [-0.3, -0.25) is 4.40 Å². The molecule has 2 heterocycles. The number of nitrogen functional groups attached to an aromatic ring is 1. The molecule has 0 unspecified atom stereocenters. The molecule has 3 aromatic rings. The maximum atomic E-state index is 11.4. The number of carbonyl (C=O) groups is 1. The molecular formula is C14H13N3O3S. The molecule has 0 aliphatic rings. The molecule has 0 spiro atoms. The van der Waals surface area contributed by atoms with Crippen molar-refractivity contribution >= 4 is 28.0 Å². The van der Waals surface area contributed by atoms with Crippen molar-refractivity contribution in [2.45, 2.75) is 6.61 Å². The Labute approximate surface area is 124 Å². The summed E-state index contributed by atoms with van der Waals surface area (Å²) >= 11 is 1.56. The van der Waals surface area contributed by atoms with Crippen LogP contribution in [0.5, 0.6) is 5.75 Å². The first-order valence-electron chi connectivity index (χ1n) is 6.19. The van der Waals surface area contributed by atoms with Crippen LogP contribution in [0.4, 0.5) is 5.69 Å². The summed E-state index contributed by atoms with van der Waals surface area (Å²) in [5.74, 6) is 0.0848. The van der Waals surface area contributed by atoms with Crippen LogP contribution in [0.3, 0.4) is 0 Å². The smallest absolute Gasteiger partial charge is 0.337 e. The summed E-state index contributed by atoms with van der Waals surface area (Å²) in [4.78, 5) is 16.7. The van der Waals surface area contributed by atoms with Gasteiger partial charge in [0.1, 0.15) is 12.4 Å². The molecule has 0 bridgehead atoms. The molecule has 0 aliphatic carbocycles. The number of hydrogen-bond donors (Lipinski definition) is 1. The third-order valence-corrected chi connectivity index (χ3v) is 3.72. The lowest BCUT2D eigenvalue weighted by Gasteiger charge is -2.08. The zero-order valence-electron chi connectivity index (χ0n) is 11.3. The lowest BCUT2D eigenvalue weighted by Crippen LogP contribution is -2.04. The van der Waals surface area contributed by atoms with E-state index in [1.54, 1.807) is 23.5 Å². The fourth-order valence-electron chi connectivity index (χ4n) is 1.92. The van der Waals surface area contributed by atoms with E-state index in [0.29, 0.717) is 23.6 Å². The van der Waals surface area contributed by atoms with Crippen LogP contribution in [-0.2, 0) is 11.3 Å². The van der Waals surface area contributed by atoms with Gasteiger partial charge in [0.15, 0.2) is 4.96 Å². The Balaban J connectivity index is 1.72. The number of thiazole rings is 1. The number of ether oxygens (including phenoxy) is 2. The first kappa shape index (κ1) is 13.4. The second-order valence-corrected chi connectivity index (χ2v) is 5.23. The third-order valence-electron chi connectivity index (χ3n) is 2.95. The Hall–Kier alpha value is -2.54. The Bertz CT molecular complexity index is 765. The second kappa shape index (κ2) is 5.45. The van der Waals surface area contributed by atoms with Gasteiger partial charge in [0.2, 0.25) is 0 Å². The van der Waals surface area contributed by atoms with Gasteiger partial charge < -0.3 is 15.2 Å². The first-order chi connectivity index (χ1) is 10.2. The van der Waals surface area contributed by atoms with Gasteiger partial charge in [0.25, 0.3) is 0 Å². The van der Waals surface area contributed by atoms with Crippen LogP contribution in [0.15, 0.2) is 36.0 Å². The molecule has 108 valence electrons. The van der Waals surface area contributed by atoms with Gasteiger partial charge in [0.05, 0.1) is 24.1 Å². The van der Waals surface area contributed by atoms with E-state index in [-0.39, 0.29) is 0 Å². The van der Waals surface area contributed by atoms with Crippen LogP contribution in [0.25, 0.3) is 4.96 Å². The molecule has 0 aliphatic heterocycles. The minimum atomic E-state index is -0.428. The number of rotatable bonds is 4. The molecule has 0 amide bonds. The molecule has 21 heavy (non-hydrogen) atoms. The van der Waals surface area contributed by atoms with E-state index in [1.807, 2.05) is 22.2 Å². The van der Waals surface area contributed by atoms with E-state index < -0.39 is 5.97 Å². The number of esters is 1. The SMILES string of the molecule is COC(=O)c1ccc(OCc2cn3ccsc3n2)c(N)c1. The molecule has 0 fully saturated rings. The van der Waals surface area contributed by atoms with Crippen molar-refractivity contribution in [2.24, 2.45) is 0 Å².